The zero-order chi connectivity index (χ0) is 16.2. The lowest BCUT2D eigenvalue weighted by atomic mass is 9.95. The molecule has 118 valence electrons. The molecular formula is C19H20N2O2. The molecule has 2 aromatic carbocycles. The second-order valence-electron chi connectivity index (χ2n) is 5.91. The van der Waals surface area contributed by atoms with Gasteiger partial charge in [-0.25, -0.2) is 0 Å². The van der Waals surface area contributed by atoms with Crippen molar-refractivity contribution in [1.82, 2.24) is 0 Å². The molecule has 0 saturated carbocycles. The minimum atomic E-state index is -0.201. The highest BCUT2D eigenvalue weighted by molar-refractivity contribution is 6.09. The largest absolute Gasteiger partial charge is 0.371 e. The molecular weight excluding hydrogens is 288 g/mol. The normalized spacial score (nSPS) is 15.4. The fraction of sp³-hybridized carbons (Fsp3) is 0.263. The first-order valence-corrected chi connectivity index (χ1v) is 7.89. The first-order chi connectivity index (χ1) is 11.1. The number of ketones is 1. The first kappa shape index (κ1) is 15.3. The Morgan fingerprint density at radius 3 is 2.00 bits per heavy atom. The Morgan fingerprint density at radius 1 is 0.870 bits per heavy atom. The van der Waals surface area contributed by atoms with E-state index < -0.39 is 0 Å². The van der Waals surface area contributed by atoms with Crippen molar-refractivity contribution in [2.45, 2.75) is 12.8 Å². The predicted octanol–water partition coefficient (Wildman–Crippen LogP) is 2.62. The van der Waals surface area contributed by atoms with Gasteiger partial charge in [0.1, 0.15) is 0 Å². The van der Waals surface area contributed by atoms with Crippen LogP contribution in [0.4, 0.5) is 5.69 Å². The van der Waals surface area contributed by atoms with E-state index in [0.717, 1.165) is 31.6 Å². The number of nitrogens with two attached hydrogens (primary N) is 1. The van der Waals surface area contributed by atoms with Gasteiger partial charge < -0.3 is 10.6 Å². The topological polar surface area (TPSA) is 63.4 Å². The van der Waals surface area contributed by atoms with E-state index >= 15 is 0 Å². The maximum Gasteiger partial charge on any atom is 0.220 e. The van der Waals surface area contributed by atoms with Gasteiger partial charge in [-0.15, -0.1) is 0 Å². The highest BCUT2D eigenvalue weighted by atomic mass is 16.1. The van der Waals surface area contributed by atoms with E-state index in [9.17, 15) is 9.59 Å². The molecule has 2 aromatic rings. The second-order valence-corrected chi connectivity index (χ2v) is 5.91. The van der Waals surface area contributed by atoms with Gasteiger partial charge in [-0.2, -0.15) is 0 Å². The Kier molecular flexibility index (Phi) is 4.42. The van der Waals surface area contributed by atoms with E-state index in [1.54, 1.807) is 0 Å². The number of anilines is 1. The van der Waals surface area contributed by atoms with E-state index in [4.69, 9.17) is 5.73 Å². The first-order valence-electron chi connectivity index (χ1n) is 7.89. The monoisotopic (exact) mass is 308 g/mol. The Hall–Kier alpha value is -2.62. The maximum atomic E-state index is 12.4. The van der Waals surface area contributed by atoms with Crippen LogP contribution in [-0.2, 0) is 4.79 Å². The molecule has 0 radical (unpaired) electrons. The number of nitrogens with zero attached hydrogens (tertiary/aromatic N) is 1. The molecule has 0 aromatic heterocycles. The molecule has 4 heteroatoms. The van der Waals surface area contributed by atoms with Crippen LogP contribution in [0.15, 0.2) is 54.6 Å². The number of carbonyl (C=O) groups excluding carboxylic acids is 2. The number of primary amides is 1. The number of benzene rings is 2. The van der Waals surface area contributed by atoms with E-state index in [0.29, 0.717) is 11.1 Å². The van der Waals surface area contributed by atoms with Crippen molar-refractivity contribution in [1.29, 1.82) is 0 Å². The van der Waals surface area contributed by atoms with Crippen LogP contribution in [0, 0.1) is 5.92 Å². The SMILES string of the molecule is NC(=O)C1CCN(c2ccc(C(=O)c3ccccc3)cc2)CC1. The fourth-order valence-corrected chi connectivity index (χ4v) is 3.00. The second kappa shape index (κ2) is 6.65. The minimum Gasteiger partial charge on any atom is -0.371 e. The zero-order valence-electron chi connectivity index (χ0n) is 12.9. The molecule has 0 atom stereocenters. The third kappa shape index (κ3) is 3.42. The van der Waals surface area contributed by atoms with Crippen molar-refractivity contribution < 1.29 is 9.59 Å². The molecule has 4 nitrogen and oxygen atoms in total. The Morgan fingerprint density at radius 2 is 1.43 bits per heavy atom. The third-order valence-corrected chi connectivity index (χ3v) is 4.43. The number of amides is 1. The summed E-state index contributed by atoms with van der Waals surface area (Å²) in [7, 11) is 0. The van der Waals surface area contributed by atoms with Gasteiger partial charge in [0.25, 0.3) is 0 Å². The molecule has 1 aliphatic heterocycles. The van der Waals surface area contributed by atoms with E-state index in [1.165, 1.54) is 0 Å². The van der Waals surface area contributed by atoms with Gasteiger partial charge in [-0.3, -0.25) is 9.59 Å². The Balaban J connectivity index is 1.68. The van der Waals surface area contributed by atoms with Crippen LogP contribution >= 0.6 is 0 Å². The van der Waals surface area contributed by atoms with Crippen LogP contribution in [0.25, 0.3) is 0 Å². The smallest absolute Gasteiger partial charge is 0.220 e. The van der Waals surface area contributed by atoms with Crippen molar-refractivity contribution in [2.24, 2.45) is 11.7 Å². The standard InChI is InChI=1S/C19H20N2O2/c20-19(23)16-10-12-21(13-11-16)17-8-6-15(7-9-17)18(22)14-4-2-1-3-5-14/h1-9,16H,10-13H2,(H2,20,23). The van der Waals surface area contributed by atoms with Crippen molar-refractivity contribution >= 4 is 17.4 Å². The van der Waals surface area contributed by atoms with Gasteiger partial charge in [0.2, 0.25) is 5.91 Å². The van der Waals surface area contributed by atoms with Crippen molar-refractivity contribution in [3.63, 3.8) is 0 Å². The number of hydrogen-bond acceptors (Lipinski definition) is 3. The van der Waals surface area contributed by atoms with Gasteiger partial charge in [-0.05, 0) is 37.1 Å². The summed E-state index contributed by atoms with van der Waals surface area (Å²) >= 11 is 0. The van der Waals surface area contributed by atoms with Crippen molar-refractivity contribution in [3.05, 3.63) is 65.7 Å². The highest BCUT2D eigenvalue weighted by Crippen LogP contribution is 2.24. The summed E-state index contributed by atoms with van der Waals surface area (Å²) in [6, 6.07) is 17.0. The number of rotatable bonds is 4. The summed E-state index contributed by atoms with van der Waals surface area (Å²) in [5.74, 6) is -0.178. The lowest BCUT2D eigenvalue weighted by molar-refractivity contribution is -0.122. The van der Waals surface area contributed by atoms with Crippen LogP contribution in [0.3, 0.4) is 0 Å². The van der Waals surface area contributed by atoms with Crippen LogP contribution in [-0.4, -0.2) is 24.8 Å². The Bertz CT molecular complexity index is 687. The summed E-state index contributed by atoms with van der Waals surface area (Å²) in [5, 5.41) is 0. The van der Waals surface area contributed by atoms with Crippen molar-refractivity contribution in [2.75, 3.05) is 18.0 Å². The van der Waals surface area contributed by atoms with Crippen LogP contribution in [0.5, 0.6) is 0 Å². The number of hydrogen-bond donors (Lipinski definition) is 1. The van der Waals surface area contributed by atoms with E-state index in [-0.39, 0.29) is 17.6 Å². The summed E-state index contributed by atoms with van der Waals surface area (Å²) in [6.07, 6.45) is 1.58. The average molecular weight is 308 g/mol. The van der Waals surface area contributed by atoms with Crippen LogP contribution in [0.2, 0.25) is 0 Å². The summed E-state index contributed by atoms with van der Waals surface area (Å²) < 4.78 is 0. The molecule has 2 N–H and O–H groups in total. The number of carbonyl (C=O) groups is 2. The van der Waals surface area contributed by atoms with Gasteiger partial charge in [0.05, 0.1) is 0 Å². The highest BCUT2D eigenvalue weighted by Gasteiger charge is 2.23. The third-order valence-electron chi connectivity index (χ3n) is 4.43. The van der Waals surface area contributed by atoms with Gasteiger partial charge in [0.15, 0.2) is 5.78 Å². The minimum absolute atomic E-state index is 0.00909. The quantitative estimate of drug-likeness (QED) is 0.883. The van der Waals surface area contributed by atoms with Gasteiger partial charge in [-0.1, -0.05) is 30.3 Å². The predicted molar refractivity (Wildman–Crippen MR) is 90.4 cm³/mol. The zero-order valence-corrected chi connectivity index (χ0v) is 12.9. The lowest BCUT2D eigenvalue weighted by Crippen LogP contribution is -2.38. The maximum absolute atomic E-state index is 12.4. The van der Waals surface area contributed by atoms with Crippen LogP contribution < -0.4 is 10.6 Å². The van der Waals surface area contributed by atoms with E-state index in [1.807, 2.05) is 54.6 Å². The van der Waals surface area contributed by atoms with Gasteiger partial charge >= 0.3 is 0 Å². The molecule has 1 saturated heterocycles. The summed E-state index contributed by atoms with van der Waals surface area (Å²) in [5.41, 5.74) is 7.83. The van der Waals surface area contributed by atoms with E-state index in [2.05, 4.69) is 4.90 Å². The van der Waals surface area contributed by atoms with Gasteiger partial charge in [0, 0.05) is 35.8 Å². The van der Waals surface area contributed by atoms with Crippen molar-refractivity contribution in [3.8, 4) is 0 Å². The lowest BCUT2D eigenvalue weighted by Gasteiger charge is -2.32. The van der Waals surface area contributed by atoms with Crippen LogP contribution in [0.1, 0.15) is 28.8 Å². The molecule has 1 heterocycles. The number of piperidine rings is 1. The fourth-order valence-electron chi connectivity index (χ4n) is 3.00. The molecule has 0 bridgehead atoms. The molecule has 3 rings (SSSR count). The molecule has 1 fully saturated rings. The molecule has 1 aliphatic rings. The molecule has 0 spiro atoms. The molecule has 0 aliphatic carbocycles. The molecule has 23 heavy (non-hydrogen) atoms. The summed E-state index contributed by atoms with van der Waals surface area (Å²) in [6.45, 7) is 1.64. The summed E-state index contributed by atoms with van der Waals surface area (Å²) in [4.78, 5) is 25.8. The molecule has 0 unspecified atom stereocenters. The molecule has 1 amide bonds. The average Bonchev–Trinajstić information content (AvgIpc) is 2.62. The Labute approximate surface area is 135 Å².